The minimum absolute atomic E-state index is 0.0367. The number of unbranched alkanes of at least 4 members (excludes halogenated alkanes) is 1. The Morgan fingerprint density at radius 2 is 1.58 bits per heavy atom. The summed E-state index contributed by atoms with van der Waals surface area (Å²) in [7, 11) is 0. The Kier molecular flexibility index (Phi) is 9.91. The van der Waals surface area contributed by atoms with E-state index in [1.54, 1.807) is 12.3 Å². The summed E-state index contributed by atoms with van der Waals surface area (Å²) in [5.74, 6) is 0.994. The standard InChI is InChI=1S/C25H32Cl2F3N5S/c26-19-3-6-24(31-18-19)35-15-13-34(14-16-35)10-2-1-9-33-11-7-20(8-12-33)32-21-4-5-22(27)23(17-21)36-25(28,29)30/h3-6,17-18,20,32H,1-2,7-16H2. The van der Waals surface area contributed by atoms with Gasteiger partial charge in [-0.2, -0.15) is 13.2 Å². The van der Waals surface area contributed by atoms with Crippen LogP contribution in [0.5, 0.6) is 0 Å². The van der Waals surface area contributed by atoms with E-state index in [-0.39, 0.29) is 27.7 Å². The molecule has 0 saturated carbocycles. The number of nitrogens with zero attached hydrogens (tertiary/aromatic N) is 4. The predicted molar refractivity (Wildman–Crippen MR) is 144 cm³/mol. The van der Waals surface area contributed by atoms with Crippen molar-refractivity contribution in [2.24, 2.45) is 0 Å². The van der Waals surface area contributed by atoms with Gasteiger partial charge in [0.25, 0.3) is 0 Å². The van der Waals surface area contributed by atoms with Crippen LogP contribution in [0.15, 0.2) is 41.4 Å². The Morgan fingerprint density at radius 3 is 2.19 bits per heavy atom. The Hall–Kier alpha value is -1.39. The number of hydrogen-bond acceptors (Lipinski definition) is 6. The molecule has 0 atom stereocenters. The molecule has 1 N–H and O–H groups in total. The van der Waals surface area contributed by atoms with E-state index in [4.69, 9.17) is 23.2 Å². The van der Waals surface area contributed by atoms with Crippen molar-refractivity contribution in [3.05, 3.63) is 46.6 Å². The maximum Gasteiger partial charge on any atom is 0.446 e. The number of rotatable bonds is 9. The topological polar surface area (TPSA) is 34.6 Å². The number of benzene rings is 1. The number of piperidine rings is 1. The van der Waals surface area contributed by atoms with Crippen molar-refractivity contribution in [3.8, 4) is 0 Å². The van der Waals surface area contributed by atoms with Gasteiger partial charge in [-0.15, -0.1) is 0 Å². The van der Waals surface area contributed by atoms with E-state index in [0.29, 0.717) is 10.7 Å². The van der Waals surface area contributed by atoms with Crippen LogP contribution < -0.4 is 10.2 Å². The SMILES string of the molecule is FC(F)(F)Sc1cc(NC2CCN(CCCCN3CCN(c4ccc(Cl)cn4)CC3)CC2)ccc1Cl. The zero-order valence-electron chi connectivity index (χ0n) is 20.1. The molecular formula is C25H32Cl2F3N5S. The molecular weight excluding hydrogens is 530 g/mol. The number of pyridine rings is 1. The number of nitrogens with one attached hydrogen (secondary N) is 1. The quantitative estimate of drug-likeness (QED) is 0.279. The van der Waals surface area contributed by atoms with E-state index in [1.165, 1.54) is 25.0 Å². The second-order valence-electron chi connectivity index (χ2n) is 9.32. The highest BCUT2D eigenvalue weighted by Crippen LogP contribution is 2.41. The third kappa shape index (κ3) is 8.58. The zero-order valence-corrected chi connectivity index (χ0v) is 22.4. The average molecular weight is 563 g/mol. The van der Waals surface area contributed by atoms with E-state index in [2.05, 4.69) is 25.0 Å². The minimum atomic E-state index is -4.35. The van der Waals surface area contributed by atoms with Gasteiger partial charge in [-0.05, 0) is 80.9 Å². The van der Waals surface area contributed by atoms with Gasteiger partial charge in [0, 0.05) is 62.1 Å². The molecule has 0 spiro atoms. The van der Waals surface area contributed by atoms with E-state index in [1.807, 2.05) is 12.1 Å². The van der Waals surface area contributed by atoms with E-state index < -0.39 is 5.51 Å². The monoisotopic (exact) mass is 561 g/mol. The Labute approximate surface area is 225 Å². The summed E-state index contributed by atoms with van der Waals surface area (Å²) >= 11 is 11.7. The van der Waals surface area contributed by atoms with Gasteiger partial charge >= 0.3 is 5.51 Å². The van der Waals surface area contributed by atoms with Gasteiger partial charge in [0.2, 0.25) is 0 Å². The molecule has 0 radical (unpaired) electrons. The summed E-state index contributed by atoms with van der Waals surface area (Å²) in [5.41, 5.74) is -3.66. The summed E-state index contributed by atoms with van der Waals surface area (Å²) in [6.07, 6.45) is 6.01. The fourth-order valence-electron chi connectivity index (χ4n) is 4.76. The summed E-state index contributed by atoms with van der Waals surface area (Å²) in [6.45, 7) is 8.29. The molecule has 2 aliphatic rings. The van der Waals surface area contributed by atoms with Gasteiger partial charge in [0.1, 0.15) is 5.82 Å². The minimum Gasteiger partial charge on any atom is -0.382 e. The molecule has 5 nitrogen and oxygen atoms in total. The van der Waals surface area contributed by atoms with Gasteiger partial charge in [-0.1, -0.05) is 23.2 Å². The van der Waals surface area contributed by atoms with E-state index >= 15 is 0 Å². The molecule has 2 saturated heterocycles. The highest BCUT2D eigenvalue weighted by atomic mass is 35.5. The fourth-order valence-corrected chi connectivity index (χ4v) is 5.70. The third-order valence-corrected chi connectivity index (χ3v) is 8.18. The van der Waals surface area contributed by atoms with Crippen LogP contribution in [0.2, 0.25) is 10.0 Å². The summed E-state index contributed by atoms with van der Waals surface area (Å²) in [4.78, 5) is 11.8. The van der Waals surface area contributed by atoms with E-state index in [9.17, 15) is 13.2 Å². The smallest absolute Gasteiger partial charge is 0.382 e. The largest absolute Gasteiger partial charge is 0.446 e. The van der Waals surface area contributed by atoms with Crippen LogP contribution in [-0.2, 0) is 0 Å². The molecule has 2 fully saturated rings. The number of thioether (sulfide) groups is 1. The molecule has 0 bridgehead atoms. The lowest BCUT2D eigenvalue weighted by molar-refractivity contribution is -0.0328. The molecule has 2 aliphatic heterocycles. The first kappa shape index (κ1) is 27.6. The second kappa shape index (κ2) is 12.9. The maximum atomic E-state index is 12.7. The number of likely N-dealkylation sites (tertiary alicyclic amines) is 1. The van der Waals surface area contributed by atoms with Crippen molar-refractivity contribution in [2.75, 3.05) is 62.6 Å². The molecule has 3 heterocycles. The molecule has 11 heteroatoms. The number of alkyl halides is 3. The molecule has 1 aromatic carbocycles. The van der Waals surface area contributed by atoms with Crippen molar-refractivity contribution in [3.63, 3.8) is 0 Å². The van der Waals surface area contributed by atoms with Crippen molar-refractivity contribution < 1.29 is 13.2 Å². The number of hydrogen-bond donors (Lipinski definition) is 1. The summed E-state index contributed by atoms with van der Waals surface area (Å²) in [5, 5.41) is 4.18. The number of piperazine rings is 1. The molecule has 0 aliphatic carbocycles. The van der Waals surface area contributed by atoms with E-state index in [0.717, 1.165) is 71.0 Å². The Bertz CT molecular complexity index is 963. The molecule has 36 heavy (non-hydrogen) atoms. The lowest BCUT2D eigenvalue weighted by Crippen LogP contribution is -2.47. The Morgan fingerprint density at radius 1 is 0.917 bits per heavy atom. The first-order valence-corrected chi connectivity index (χ1v) is 14.0. The van der Waals surface area contributed by atoms with Crippen molar-refractivity contribution in [2.45, 2.75) is 42.1 Å². The lowest BCUT2D eigenvalue weighted by atomic mass is 10.0. The third-order valence-electron chi connectivity index (χ3n) is 6.72. The summed E-state index contributed by atoms with van der Waals surface area (Å²) in [6, 6.07) is 8.91. The van der Waals surface area contributed by atoms with Crippen LogP contribution in [-0.4, -0.2) is 78.7 Å². The van der Waals surface area contributed by atoms with Gasteiger partial charge in [-0.25, -0.2) is 4.98 Å². The van der Waals surface area contributed by atoms with Crippen molar-refractivity contribution >= 4 is 46.5 Å². The van der Waals surface area contributed by atoms with Gasteiger partial charge in [0.05, 0.1) is 10.0 Å². The Balaban J connectivity index is 1.10. The molecule has 0 unspecified atom stereocenters. The molecule has 0 amide bonds. The van der Waals surface area contributed by atoms with Crippen LogP contribution >= 0.6 is 35.0 Å². The van der Waals surface area contributed by atoms with Crippen LogP contribution in [0.3, 0.4) is 0 Å². The highest BCUT2D eigenvalue weighted by Gasteiger charge is 2.30. The van der Waals surface area contributed by atoms with Crippen molar-refractivity contribution in [1.29, 1.82) is 0 Å². The molecule has 2 aromatic rings. The first-order chi connectivity index (χ1) is 17.2. The van der Waals surface area contributed by atoms with Crippen LogP contribution in [0.1, 0.15) is 25.7 Å². The zero-order chi connectivity index (χ0) is 25.5. The normalized spacial score (nSPS) is 18.5. The maximum absolute atomic E-state index is 12.7. The van der Waals surface area contributed by atoms with Crippen LogP contribution in [0.4, 0.5) is 24.7 Å². The number of anilines is 2. The average Bonchev–Trinajstić information content (AvgIpc) is 2.85. The summed E-state index contributed by atoms with van der Waals surface area (Å²) < 4.78 is 38.2. The lowest BCUT2D eigenvalue weighted by Gasteiger charge is -2.36. The second-order valence-corrected chi connectivity index (χ2v) is 11.3. The van der Waals surface area contributed by atoms with Gasteiger partial charge in [0.15, 0.2) is 0 Å². The van der Waals surface area contributed by atoms with Crippen molar-refractivity contribution in [1.82, 2.24) is 14.8 Å². The molecule has 198 valence electrons. The van der Waals surface area contributed by atoms with Crippen LogP contribution in [0, 0.1) is 0 Å². The number of halogens is 5. The molecule has 4 rings (SSSR count). The van der Waals surface area contributed by atoms with Gasteiger partial charge < -0.3 is 15.1 Å². The fraction of sp³-hybridized carbons (Fsp3) is 0.560. The first-order valence-electron chi connectivity index (χ1n) is 12.4. The van der Waals surface area contributed by atoms with Crippen LogP contribution in [0.25, 0.3) is 0 Å². The predicted octanol–water partition coefficient (Wildman–Crippen LogP) is 6.48. The van der Waals surface area contributed by atoms with Gasteiger partial charge in [-0.3, -0.25) is 4.90 Å². The highest BCUT2D eigenvalue weighted by molar-refractivity contribution is 8.00. The molecule has 1 aromatic heterocycles. The number of aromatic nitrogens is 1.